The van der Waals surface area contributed by atoms with E-state index in [9.17, 15) is 4.79 Å². The predicted octanol–water partition coefficient (Wildman–Crippen LogP) is 2.78. The lowest BCUT2D eigenvalue weighted by atomic mass is 9.86. The SMILES string of the molecule is CCC(C)C(C)CC(C)CO[C]=O. The van der Waals surface area contributed by atoms with Crippen molar-refractivity contribution in [3.05, 3.63) is 0 Å². The molecular weight excluding hydrogens is 164 g/mol. The summed E-state index contributed by atoms with van der Waals surface area (Å²) in [5, 5.41) is 0. The Bertz CT molecular complexity index is 134. The molecule has 0 bridgehead atoms. The van der Waals surface area contributed by atoms with Crippen molar-refractivity contribution in [2.24, 2.45) is 17.8 Å². The van der Waals surface area contributed by atoms with E-state index >= 15 is 0 Å². The van der Waals surface area contributed by atoms with E-state index in [0.29, 0.717) is 18.4 Å². The van der Waals surface area contributed by atoms with Crippen molar-refractivity contribution in [2.75, 3.05) is 6.61 Å². The van der Waals surface area contributed by atoms with Gasteiger partial charge in [0.1, 0.15) is 0 Å². The molecule has 3 atom stereocenters. The molecule has 0 N–H and O–H groups in total. The topological polar surface area (TPSA) is 26.3 Å². The molecule has 13 heavy (non-hydrogen) atoms. The maximum atomic E-state index is 9.84. The molecular formula is C11H21O2. The first-order valence-electron chi connectivity index (χ1n) is 5.10. The first-order chi connectivity index (χ1) is 6.11. The summed E-state index contributed by atoms with van der Waals surface area (Å²) in [6.07, 6.45) is 2.34. The van der Waals surface area contributed by atoms with Crippen LogP contribution in [0.15, 0.2) is 0 Å². The Hall–Kier alpha value is -0.530. The molecule has 3 unspecified atom stereocenters. The van der Waals surface area contributed by atoms with E-state index in [4.69, 9.17) is 0 Å². The van der Waals surface area contributed by atoms with E-state index in [-0.39, 0.29) is 0 Å². The zero-order valence-electron chi connectivity index (χ0n) is 9.17. The van der Waals surface area contributed by atoms with E-state index in [1.807, 2.05) is 0 Å². The van der Waals surface area contributed by atoms with Crippen LogP contribution in [-0.2, 0) is 9.53 Å². The lowest BCUT2D eigenvalue weighted by Gasteiger charge is -2.21. The fourth-order valence-corrected chi connectivity index (χ4v) is 1.51. The van der Waals surface area contributed by atoms with Gasteiger partial charge in [-0.3, -0.25) is 0 Å². The summed E-state index contributed by atoms with van der Waals surface area (Å²) in [4.78, 5) is 9.84. The lowest BCUT2D eigenvalue weighted by Crippen LogP contribution is -2.14. The van der Waals surface area contributed by atoms with E-state index < -0.39 is 0 Å². The molecule has 0 amide bonds. The highest BCUT2D eigenvalue weighted by Crippen LogP contribution is 2.22. The first-order valence-corrected chi connectivity index (χ1v) is 5.10. The summed E-state index contributed by atoms with van der Waals surface area (Å²) in [5.74, 6) is 1.91. The molecule has 0 spiro atoms. The number of hydrogen-bond acceptors (Lipinski definition) is 2. The third-order valence-corrected chi connectivity index (χ3v) is 2.82. The van der Waals surface area contributed by atoms with Crippen LogP contribution in [0.4, 0.5) is 0 Å². The van der Waals surface area contributed by atoms with Gasteiger partial charge < -0.3 is 4.74 Å². The summed E-state index contributed by atoms with van der Waals surface area (Å²) >= 11 is 0. The molecule has 2 nitrogen and oxygen atoms in total. The van der Waals surface area contributed by atoms with E-state index in [2.05, 4.69) is 32.4 Å². The van der Waals surface area contributed by atoms with Crippen LogP contribution in [0.25, 0.3) is 0 Å². The molecule has 0 aliphatic carbocycles. The van der Waals surface area contributed by atoms with E-state index in [1.54, 1.807) is 0 Å². The molecule has 0 aliphatic rings. The minimum atomic E-state index is 0.449. The van der Waals surface area contributed by atoms with Crippen LogP contribution >= 0.6 is 0 Å². The van der Waals surface area contributed by atoms with Gasteiger partial charge in [0, 0.05) is 0 Å². The van der Waals surface area contributed by atoms with Gasteiger partial charge in [-0.2, -0.15) is 0 Å². The zero-order valence-corrected chi connectivity index (χ0v) is 9.17. The summed E-state index contributed by atoms with van der Waals surface area (Å²) < 4.78 is 4.60. The summed E-state index contributed by atoms with van der Waals surface area (Å²) in [6.45, 7) is 10.8. The summed E-state index contributed by atoms with van der Waals surface area (Å²) in [5.41, 5.74) is 0. The molecule has 0 aromatic heterocycles. The Balaban J connectivity index is 3.63. The lowest BCUT2D eigenvalue weighted by molar-refractivity contribution is 0.197. The average molecular weight is 185 g/mol. The Labute approximate surface area is 81.7 Å². The third kappa shape index (κ3) is 5.67. The highest BCUT2D eigenvalue weighted by molar-refractivity contribution is 5.38. The standard InChI is InChI=1S/C11H21O2/c1-5-10(3)11(4)6-9(2)7-13-8-12/h9-11H,5-7H2,1-4H3. The maximum Gasteiger partial charge on any atom is 0.417 e. The van der Waals surface area contributed by atoms with Gasteiger partial charge in [0.15, 0.2) is 0 Å². The van der Waals surface area contributed by atoms with Crippen molar-refractivity contribution >= 4 is 6.47 Å². The molecule has 0 aromatic rings. The van der Waals surface area contributed by atoms with Crippen molar-refractivity contribution in [3.8, 4) is 0 Å². The second kappa shape index (κ2) is 6.93. The van der Waals surface area contributed by atoms with Gasteiger partial charge >= 0.3 is 6.47 Å². The van der Waals surface area contributed by atoms with Crippen LogP contribution in [0.2, 0.25) is 0 Å². The smallest absolute Gasteiger partial charge is 0.417 e. The molecule has 0 aliphatic heterocycles. The van der Waals surface area contributed by atoms with Gasteiger partial charge in [-0.1, -0.05) is 34.1 Å². The number of hydrogen-bond donors (Lipinski definition) is 0. The van der Waals surface area contributed by atoms with Gasteiger partial charge in [0.25, 0.3) is 0 Å². The minimum absolute atomic E-state index is 0.449. The molecule has 0 saturated carbocycles. The van der Waals surface area contributed by atoms with E-state index in [0.717, 1.165) is 12.3 Å². The van der Waals surface area contributed by atoms with Gasteiger partial charge in [0.2, 0.25) is 0 Å². The summed E-state index contributed by atoms with van der Waals surface area (Å²) in [6, 6.07) is 0. The Morgan fingerprint density at radius 2 is 1.85 bits per heavy atom. The second-order valence-electron chi connectivity index (χ2n) is 4.10. The van der Waals surface area contributed by atoms with Gasteiger partial charge in [-0.25, -0.2) is 4.79 Å². The second-order valence-corrected chi connectivity index (χ2v) is 4.10. The Morgan fingerprint density at radius 1 is 1.23 bits per heavy atom. The van der Waals surface area contributed by atoms with Gasteiger partial charge in [0.05, 0.1) is 6.61 Å². The fraction of sp³-hybridized carbons (Fsp3) is 0.909. The van der Waals surface area contributed by atoms with Crippen LogP contribution in [0.1, 0.15) is 40.5 Å². The minimum Gasteiger partial charge on any atom is -0.457 e. The Kier molecular flexibility index (Phi) is 6.65. The van der Waals surface area contributed by atoms with Crippen LogP contribution in [0, 0.1) is 17.8 Å². The van der Waals surface area contributed by atoms with Crippen LogP contribution in [0.5, 0.6) is 0 Å². The number of rotatable bonds is 7. The highest BCUT2D eigenvalue weighted by atomic mass is 16.5. The van der Waals surface area contributed by atoms with E-state index in [1.165, 1.54) is 12.9 Å². The van der Waals surface area contributed by atoms with Crippen molar-refractivity contribution in [3.63, 3.8) is 0 Å². The molecule has 0 aromatic carbocycles. The highest BCUT2D eigenvalue weighted by Gasteiger charge is 2.14. The molecule has 1 radical (unpaired) electrons. The molecule has 0 heterocycles. The van der Waals surface area contributed by atoms with Crippen LogP contribution in [0.3, 0.4) is 0 Å². The maximum absolute atomic E-state index is 9.84. The first kappa shape index (κ1) is 12.5. The van der Waals surface area contributed by atoms with Crippen LogP contribution in [-0.4, -0.2) is 13.1 Å². The predicted molar refractivity (Wildman–Crippen MR) is 54.0 cm³/mol. The Morgan fingerprint density at radius 3 is 2.31 bits per heavy atom. The summed E-state index contributed by atoms with van der Waals surface area (Å²) in [7, 11) is 0. The fourth-order valence-electron chi connectivity index (χ4n) is 1.51. The number of ether oxygens (including phenoxy) is 1. The van der Waals surface area contributed by atoms with Crippen molar-refractivity contribution in [1.29, 1.82) is 0 Å². The average Bonchev–Trinajstić information content (AvgIpc) is 2.13. The zero-order chi connectivity index (χ0) is 10.3. The molecule has 0 rings (SSSR count). The normalized spacial score (nSPS) is 17.5. The molecule has 77 valence electrons. The largest absolute Gasteiger partial charge is 0.457 e. The number of carbonyl (C=O) groups excluding carboxylic acids is 1. The monoisotopic (exact) mass is 185 g/mol. The molecule has 0 saturated heterocycles. The molecule has 2 heteroatoms. The quantitative estimate of drug-likeness (QED) is 0.609. The van der Waals surface area contributed by atoms with Gasteiger partial charge in [-0.15, -0.1) is 0 Å². The molecule has 0 fully saturated rings. The van der Waals surface area contributed by atoms with Crippen molar-refractivity contribution in [2.45, 2.75) is 40.5 Å². The van der Waals surface area contributed by atoms with Crippen LogP contribution < -0.4 is 0 Å². The third-order valence-electron chi connectivity index (χ3n) is 2.82. The van der Waals surface area contributed by atoms with Gasteiger partial charge in [-0.05, 0) is 24.2 Å². The van der Waals surface area contributed by atoms with Crippen molar-refractivity contribution in [1.82, 2.24) is 0 Å². The van der Waals surface area contributed by atoms with Crippen molar-refractivity contribution < 1.29 is 9.53 Å².